The number of carbonyl (C=O) groups is 3. The molecular formula is C28H37N5O5S. The maximum absolute atomic E-state index is 14.6. The summed E-state index contributed by atoms with van der Waals surface area (Å²) in [4.78, 5) is 45.2. The quantitative estimate of drug-likeness (QED) is 0.241. The highest BCUT2D eigenvalue weighted by atomic mass is 32.2. The van der Waals surface area contributed by atoms with Gasteiger partial charge in [0.05, 0.1) is 28.7 Å². The first-order valence-corrected chi connectivity index (χ1v) is 14.7. The highest BCUT2D eigenvalue weighted by Crippen LogP contribution is 2.68. The second kappa shape index (κ2) is 11.3. The van der Waals surface area contributed by atoms with E-state index in [-0.39, 0.29) is 55.4 Å². The third-order valence-corrected chi connectivity index (χ3v) is 10.6. The van der Waals surface area contributed by atoms with Gasteiger partial charge < -0.3 is 19.6 Å². The number of hydrogen-bond acceptors (Lipinski definition) is 8. The van der Waals surface area contributed by atoms with Gasteiger partial charge in [0.2, 0.25) is 11.8 Å². The Bertz CT molecular complexity index is 1250. The van der Waals surface area contributed by atoms with E-state index in [4.69, 9.17) is 4.74 Å². The van der Waals surface area contributed by atoms with E-state index in [2.05, 4.69) is 23.8 Å². The number of hydrogen-bond donors (Lipinski definition) is 1. The van der Waals surface area contributed by atoms with Crippen molar-refractivity contribution in [1.29, 1.82) is 0 Å². The number of rotatable bonds is 12. The molecule has 2 aromatic rings. The first-order chi connectivity index (χ1) is 18.9. The predicted octanol–water partition coefficient (Wildman–Crippen LogP) is 2.47. The van der Waals surface area contributed by atoms with E-state index in [0.29, 0.717) is 19.4 Å². The third-order valence-electron chi connectivity index (χ3n) is 8.48. The lowest BCUT2D eigenvalue weighted by Crippen LogP contribution is -2.57. The molecule has 3 aliphatic heterocycles. The Kier molecular flexibility index (Phi) is 8.00. The second-order valence-electron chi connectivity index (χ2n) is 10.7. The van der Waals surface area contributed by atoms with Gasteiger partial charge in [0.1, 0.15) is 18.2 Å². The zero-order chi connectivity index (χ0) is 27.7. The van der Waals surface area contributed by atoms with E-state index in [9.17, 15) is 19.5 Å². The van der Waals surface area contributed by atoms with E-state index in [1.165, 1.54) is 0 Å². The van der Waals surface area contributed by atoms with Crippen LogP contribution in [0.1, 0.15) is 39.5 Å². The van der Waals surface area contributed by atoms with Crippen LogP contribution >= 0.6 is 11.8 Å². The summed E-state index contributed by atoms with van der Waals surface area (Å²) < 4.78 is 6.41. The number of aliphatic hydroxyl groups is 1. The van der Waals surface area contributed by atoms with Gasteiger partial charge in [-0.05, 0) is 50.7 Å². The van der Waals surface area contributed by atoms with E-state index in [1.807, 2.05) is 24.3 Å². The van der Waals surface area contributed by atoms with Crippen molar-refractivity contribution < 1.29 is 24.2 Å². The molecule has 3 unspecified atom stereocenters. The minimum Gasteiger partial charge on any atom is -0.466 e. The number of para-hydroxylation sites is 1. The molecule has 5 rings (SSSR count). The molecule has 6 atom stereocenters. The fourth-order valence-electron chi connectivity index (χ4n) is 6.85. The van der Waals surface area contributed by atoms with Gasteiger partial charge in [-0.25, -0.2) is 4.68 Å². The number of carbonyl (C=O) groups excluding carboxylic acids is 3. The SMILES string of the molecule is C=CCN(Cn1nnc2ccccc21)C(=O)C1N(CCCCCO)C(=O)[C@@H]2[C@@H](C(=O)OCC)[C@H]3CC(C)C12S3. The van der Waals surface area contributed by atoms with E-state index in [0.717, 1.165) is 23.9 Å². The van der Waals surface area contributed by atoms with Crippen molar-refractivity contribution in [3.05, 3.63) is 36.9 Å². The first kappa shape index (κ1) is 27.6. The summed E-state index contributed by atoms with van der Waals surface area (Å²) in [5.74, 6) is -1.73. The highest BCUT2D eigenvalue weighted by molar-refractivity contribution is 8.02. The highest BCUT2D eigenvalue weighted by Gasteiger charge is 2.76. The molecule has 3 fully saturated rings. The minimum atomic E-state index is -0.719. The molecule has 0 saturated carbocycles. The number of benzene rings is 1. The summed E-state index contributed by atoms with van der Waals surface area (Å²) in [6, 6.07) is 6.86. The number of thioether (sulfide) groups is 1. The summed E-state index contributed by atoms with van der Waals surface area (Å²) in [7, 11) is 0. The molecule has 1 aromatic carbocycles. The van der Waals surface area contributed by atoms with Crippen LogP contribution in [0, 0.1) is 17.8 Å². The van der Waals surface area contributed by atoms with Gasteiger partial charge in [0, 0.05) is 24.9 Å². The lowest BCUT2D eigenvalue weighted by atomic mass is 9.66. The Morgan fingerprint density at radius 1 is 1.31 bits per heavy atom. The predicted molar refractivity (Wildman–Crippen MR) is 147 cm³/mol. The number of amides is 2. The maximum Gasteiger partial charge on any atom is 0.310 e. The molecule has 1 spiro atoms. The zero-order valence-corrected chi connectivity index (χ0v) is 23.4. The molecule has 39 heavy (non-hydrogen) atoms. The van der Waals surface area contributed by atoms with Gasteiger partial charge in [0.15, 0.2) is 0 Å². The zero-order valence-electron chi connectivity index (χ0n) is 22.6. The smallest absolute Gasteiger partial charge is 0.310 e. The summed E-state index contributed by atoms with van der Waals surface area (Å²) in [6.45, 7) is 8.93. The van der Waals surface area contributed by atoms with Crippen LogP contribution in [-0.2, 0) is 25.8 Å². The van der Waals surface area contributed by atoms with Crippen molar-refractivity contribution in [2.24, 2.45) is 17.8 Å². The van der Waals surface area contributed by atoms with Crippen molar-refractivity contribution in [2.75, 3.05) is 26.3 Å². The molecule has 210 valence electrons. The molecule has 2 bridgehead atoms. The van der Waals surface area contributed by atoms with E-state index < -0.39 is 22.6 Å². The molecule has 4 heterocycles. The number of fused-ring (bicyclic) bond motifs is 2. The molecule has 0 radical (unpaired) electrons. The normalized spacial score (nSPS) is 29.2. The van der Waals surface area contributed by atoms with Crippen LogP contribution in [-0.4, -0.2) is 90.0 Å². The molecule has 2 amide bonds. The van der Waals surface area contributed by atoms with Crippen LogP contribution < -0.4 is 0 Å². The lowest BCUT2D eigenvalue weighted by molar-refractivity contribution is -0.154. The molecule has 11 heteroatoms. The Balaban J connectivity index is 1.52. The average molecular weight is 556 g/mol. The molecular weight excluding hydrogens is 518 g/mol. The lowest BCUT2D eigenvalue weighted by Gasteiger charge is -2.40. The number of nitrogens with zero attached hydrogens (tertiary/aromatic N) is 5. The Morgan fingerprint density at radius 2 is 2.10 bits per heavy atom. The second-order valence-corrected chi connectivity index (χ2v) is 12.2. The summed E-state index contributed by atoms with van der Waals surface area (Å²) in [6.07, 6.45) is 4.48. The minimum absolute atomic E-state index is 0.0491. The van der Waals surface area contributed by atoms with Crippen LogP contribution in [0.2, 0.25) is 0 Å². The fraction of sp³-hybridized carbons (Fsp3) is 0.607. The molecule has 3 saturated heterocycles. The van der Waals surface area contributed by atoms with Gasteiger partial charge in [-0.1, -0.05) is 30.3 Å². The van der Waals surface area contributed by atoms with Crippen LogP contribution in [0.25, 0.3) is 11.0 Å². The first-order valence-electron chi connectivity index (χ1n) is 13.8. The van der Waals surface area contributed by atoms with E-state index >= 15 is 0 Å². The van der Waals surface area contributed by atoms with Gasteiger partial charge in [-0.15, -0.1) is 23.4 Å². The van der Waals surface area contributed by atoms with Crippen LogP contribution in [0.15, 0.2) is 36.9 Å². The van der Waals surface area contributed by atoms with Crippen molar-refractivity contribution >= 4 is 40.6 Å². The molecule has 3 aliphatic rings. The topological polar surface area (TPSA) is 118 Å². The number of aromatic nitrogens is 3. The molecule has 10 nitrogen and oxygen atoms in total. The molecule has 1 N–H and O–H groups in total. The van der Waals surface area contributed by atoms with Crippen molar-refractivity contribution in [1.82, 2.24) is 24.8 Å². The van der Waals surface area contributed by atoms with Crippen molar-refractivity contribution in [2.45, 2.75) is 62.2 Å². The summed E-state index contributed by atoms with van der Waals surface area (Å²) in [5.41, 5.74) is 1.55. The number of likely N-dealkylation sites (tertiary alicyclic amines) is 1. The standard InChI is InChI=1S/C28H37N5O5S/c1-4-13-31(17-33-20-12-8-7-11-19(20)29-30-33)26(36)24-28-18(3)16-21(39-28)22(27(37)38-5-2)23(28)25(35)32(24)14-9-6-10-15-34/h4,7-8,11-12,18,21-24,34H,1,5-6,9-10,13-17H2,2-3H3/t18?,21-,22+,23+,24?,28?/m1/s1. The van der Waals surface area contributed by atoms with Crippen molar-refractivity contribution in [3.63, 3.8) is 0 Å². The Morgan fingerprint density at radius 3 is 2.85 bits per heavy atom. The van der Waals surface area contributed by atoms with Gasteiger partial charge in [-0.3, -0.25) is 14.4 Å². The van der Waals surface area contributed by atoms with Crippen LogP contribution in [0.5, 0.6) is 0 Å². The van der Waals surface area contributed by atoms with Crippen LogP contribution in [0.4, 0.5) is 0 Å². The monoisotopic (exact) mass is 555 g/mol. The molecule has 1 aromatic heterocycles. The van der Waals surface area contributed by atoms with Gasteiger partial charge >= 0.3 is 5.97 Å². The average Bonchev–Trinajstić information content (AvgIpc) is 3.64. The Labute approximate surface area is 232 Å². The Hall–Kier alpha value is -2.92. The third kappa shape index (κ3) is 4.53. The van der Waals surface area contributed by atoms with Crippen LogP contribution in [0.3, 0.4) is 0 Å². The molecule has 0 aliphatic carbocycles. The number of esters is 1. The number of ether oxygens (including phenoxy) is 1. The maximum atomic E-state index is 14.6. The van der Waals surface area contributed by atoms with Crippen molar-refractivity contribution in [3.8, 4) is 0 Å². The number of aliphatic hydroxyl groups excluding tert-OH is 1. The number of unbranched alkanes of at least 4 members (excludes halogenated alkanes) is 2. The van der Waals surface area contributed by atoms with Gasteiger partial charge in [0.25, 0.3) is 0 Å². The fourth-order valence-corrected chi connectivity index (χ4v) is 9.25. The summed E-state index contributed by atoms with van der Waals surface area (Å²) >= 11 is 1.64. The largest absolute Gasteiger partial charge is 0.466 e. The summed E-state index contributed by atoms with van der Waals surface area (Å²) in [5, 5.41) is 17.7. The van der Waals surface area contributed by atoms with E-state index in [1.54, 1.807) is 39.2 Å². The van der Waals surface area contributed by atoms with Gasteiger partial charge in [-0.2, -0.15) is 0 Å².